The number of benzene rings is 2. The summed E-state index contributed by atoms with van der Waals surface area (Å²) in [6.45, 7) is 2.86. The van der Waals surface area contributed by atoms with Gasteiger partial charge in [-0.2, -0.15) is 5.26 Å². The minimum Gasteiger partial charge on any atom is -0.383 e. The average Bonchev–Trinajstić information content (AvgIpc) is 2.68. The van der Waals surface area contributed by atoms with Crippen molar-refractivity contribution in [3.63, 3.8) is 0 Å². The highest BCUT2D eigenvalue weighted by Crippen LogP contribution is 2.29. The van der Waals surface area contributed by atoms with E-state index < -0.39 is 0 Å². The molecule has 1 heterocycles. The van der Waals surface area contributed by atoms with Crippen LogP contribution in [0.5, 0.6) is 0 Å². The van der Waals surface area contributed by atoms with Gasteiger partial charge in [0.15, 0.2) is 0 Å². The van der Waals surface area contributed by atoms with Crippen LogP contribution in [0.2, 0.25) is 0 Å². The van der Waals surface area contributed by atoms with Crippen molar-refractivity contribution in [1.29, 1.82) is 5.26 Å². The maximum atomic E-state index is 12.1. The summed E-state index contributed by atoms with van der Waals surface area (Å²) in [5, 5.41) is 13.4. The summed E-state index contributed by atoms with van der Waals surface area (Å²) in [5.41, 5.74) is 4.32. The Kier molecular flexibility index (Phi) is 5.26. The second kappa shape index (κ2) is 7.77. The highest BCUT2D eigenvalue weighted by Gasteiger charge is 2.14. The Bertz CT molecular complexity index is 989. The number of nitriles is 1. The van der Waals surface area contributed by atoms with E-state index in [1.165, 1.54) is 0 Å². The van der Waals surface area contributed by atoms with E-state index >= 15 is 0 Å². The zero-order valence-electron chi connectivity index (χ0n) is 14.7. The molecule has 0 spiro atoms. The molecule has 3 rings (SSSR count). The number of pyridine rings is 1. The number of rotatable bonds is 5. The first-order valence-electron chi connectivity index (χ1n) is 8.32. The van der Waals surface area contributed by atoms with Gasteiger partial charge in [0.2, 0.25) is 0 Å². The van der Waals surface area contributed by atoms with Gasteiger partial charge < -0.3 is 10.1 Å². The van der Waals surface area contributed by atoms with Gasteiger partial charge in [-0.25, -0.2) is 4.98 Å². The van der Waals surface area contributed by atoms with Crippen LogP contribution in [0.15, 0.2) is 48.5 Å². The third-order valence-electron chi connectivity index (χ3n) is 4.28. The molecule has 0 aliphatic carbocycles. The normalized spacial score (nSPS) is 10.5. The predicted molar refractivity (Wildman–Crippen MR) is 101 cm³/mol. The van der Waals surface area contributed by atoms with Crippen molar-refractivity contribution in [2.45, 2.75) is 6.92 Å². The van der Waals surface area contributed by atoms with E-state index in [2.05, 4.69) is 16.4 Å². The number of ether oxygens (including phenoxy) is 1. The number of methoxy groups -OCH3 is 1. The smallest absolute Gasteiger partial charge is 0.251 e. The van der Waals surface area contributed by atoms with E-state index in [1.807, 2.05) is 43.3 Å². The van der Waals surface area contributed by atoms with Gasteiger partial charge in [0.1, 0.15) is 6.07 Å². The average molecular weight is 345 g/mol. The van der Waals surface area contributed by atoms with Gasteiger partial charge in [-0.1, -0.05) is 30.3 Å². The summed E-state index contributed by atoms with van der Waals surface area (Å²) >= 11 is 0. The van der Waals surface area contributed by atoms with Crippen LogP contribution >= 0.6 is 0 Å². The molecule has 0 fully saturated rings. The van der Waals surface area contributed by atoms with E-state index in [0.29, 0.717) is 30.0 Å². The fourth-order valence-electron chi connectivity index (χ4n) is 2.87. The highest BCUT2D eigenvalue weighted by atomic mass is 16.5. The quantitative estimate of drug-likeness (QED) is 0.719. The molecule has 130 valence electrons. The summed E-state index contributed by atoms with van der Waals surface area (Å²) in [6, 6.07) is 17.2. The number of aromatic nitrogens is 1. The standard InChI is InChI=1S/C21H19N3O2/c1-14-17-5-3-4-6-19(17)24-20(18(14)13-22)15-7-9-16(10-8-15)21(25)23-11-12-26-2/h3-10H,11-12H2,1-2H3,(H,23,25). The van der Waals surface area contributed by atoms with E-state index in [0.717, 1.165) is 22.0 Å². The lowest BCUT2D eigenvalue weighted by Gasteiger charge is -2.11. The number of carbonyl (C=O) groups excluding carboxylic acids is 1. The summed E-state index contributed by atoms with van der Waals surface area (Å²) in [4.78, 5) is 16.8. The predicted octanol–water partition coefficient (Wildman–Crippen LogP) is 3.46. The maximum absolute atomic E-state index is 12.1. The number of nitrogens with one attached hydrogen (secondary N) is 1. The molecule has 0 saturated carbocycles. The Morgan fingerprint density at radius 3 is 2.62 bits per heavy atom. The largest absolute Gasteiger partial charge is 0.383 e. The van der Waals surface area contributed by atoms with Crippen LogP contribution in [0.3, 0.4) is 0 Å². The maximum Gasteiger partial charge on any atom is 0.251 e. The number of aryl methyl sites for hydroxylation is 1. The van der Waals surface area contributed by atoms with Gasteiger partial charge in [0, 0.05) is 30.2 Å². The van der Waals surface area contributed by atoms with E-state index in [4.69, 9.17) is 4.74 Å². The zero-order valence-corrected chi connectivity index (χ0v) is 14.7. The monoisotopic (exact) mass is 345 g/mol. The minimum absolute atomic E-state index is 0.156. The van der Waals surface area contributed by atoms with Crippen LogP contribution < -0.4 is 5.32 Å². The van der Waals surface area contributed by atoms with Crippen LogP contribution in [-0.4, -0.2) is 31.2 Å². The highest BCUT2D eigenvalue weighted by molar-refractivity contribution is 5.95. The van der Waals surface area contributed by atoms with Crippen LogP contribution in [-0.2, 0) is 4.74 Å². The Labute approximate surface area is 152 Å². The second-order valence-electron chi connectivity index (χ2n) is 5.92. The first kappa shape index (κ1) is 17.6. The Balaban J connectivity index is 1.97. The van der Waals surface area contributed by atoms with Crippen LogP contribution in [0.25, 0.3) is 22.2 Å². The van der Waals surface area contributed by atoms with E-state index in [9.17, 15) is 10.1 Å². The molecule has 0 aliphatic heterocycles. The Morgan fingerprint density at radius 2 is 1.92 bits per heavy atom. The van der Waals surface area contributed by atoms with Gasteiger partial charge in [-0.05, 0) is 30.7 Å². The van der Waals surface area contributed by atoms with Crippen molar-refractivity contribution in [3.05, 3.63) is 65.2 Å². The van der Waals surface area contributed by atoms with Crippen LogP contribution in [0.4, 0.5) is 0 Å². The molecule has 3 aromatic rings. The van der Waals surface area contributed by atoms with Crippen molar-refractivity contribution >= 4 is 16.8 Å². The molecule has 0 unspecified atom stereocenters. The van der Waals surface area contributed by atoms with E-state index in [-0.39, 0.29) is 5.91 Å². The van der Waals surface area contributed by atoms with E-state index in [1.54, 1.807) is 19.2 Å². The Hall–Kier alpha value is -3.23. The summed E-state index contributed by atoms with van der Waals surface area (Å²) in [6.07, 6.45) is 0. The number of amides is 1. The Morgan fingerprint density at radius 1 is 1.19 bits per heavy atom. The fourth-order valence-corrected chi connectivity index (χ4v) is 2.87. The SMILES string of the molecule is COCCNC(=O)c1ccc(-c2nc3ccccc3c(C)c2C#N)cc1. The molecule has 5 nitrogen and oxygen atoms in total. The van der Waals surface area contributed by atoms with Gasteiger partial charge >= 0.3 is 0 Å². The molecule has 0 bridgehead atoms. The molecule has 0 aliphatic rings. The summed E-state index contributed by atoms with van der Waals surface area (Å²) in [5.74, 6) is -0.156. The van der Waals surface area contributed by atoms with Crippen molar-refractivity contribution in [2.75, 3.05) is 20.3 Å². The van der Waals surface area contributed by atoms with Gasteiger partial charge in [-0.15, -0.1) is 0 Å². The molecular weight excluding hydrogens is 326 g/mol. The minimum atomic E-state index is -0.156. The second-order valence-corrected chi connectivity index (χ2v) is 5.92. The summed E-state index contributed by atoms with van der Waals surface area (Å²) < 4.78 is 4.92. The lowest BCUT2D eigenvalue weighted by atomic mass is 9.98. The first-order valence-corrected chi connectivity index (χ1v) is 8.32. The third kappa shape index (κ3) is 3.41. The lowest BCUT2D eigenvalue weighted by Crippen LogP contribution is -2.26. The van der Waals surface area contributed by atoms with Gasteiger partial charge in [0.25, 0.3) is 5.91 Å². The number of para-hydroxylation sites is 1. The van der Waals surface area contributed by atoms with Crippen molar-refractivity contribution in [2.24, 2.45) is 0 Å². The van der Waals surface area contributed by atoms with Crippen LogP contribution in [0.1, 0.15) is 21.5 Å². The number of hydrogen-bond acceptors (Lipinski definition) is 4. The number of hydrogen-bond donors (Lipinski definition) is 1. The molecule has 2 aromatic carbocycles. The molecule has 0 radical (unpaired) electrons. The van der Waals surface area contributed by atoms with Crippen molar-refractivity contribution < 1.29 is 9.53 Å². The topological polar surface area (TPSA) is 75.0 Å². The summed E-state index contributed by atoms with van der Waals surface area (Å²) in [7, 11) is 1.59. The third-order valence-corrected chi connectivity index (χ3v) is 4.28. The van der Waals surface area contributed by atoms with Crippen molar-refractivity contribution in [3.8, 4) is 17.3 Å². The fraction of sp³-hybridized carbons (Fsp3) is 0.190. The molecule has 1 amide bonds. The molecule has 1 N–H and O–H groups in total. The molecule has 26 heavy (non-hydrogen) atoms. The molecule has 1 aromatic heterocycles. The zero-order chi connectivity index (χ0) is 18.5. The number of nitrogens with zero attached hydrogens (tertiary/aromatic N) is 2. The van der Waals surface area contributed by atoms with Crippen molar-refractivity contribution in [1.82, 2.24) is 10.3 Å². The van der Waals surface area contributed by atoms with Crippen LogP contribution in [0, 0.1) is 18.3 Å². The van der Waals surface area contributed by atoms with Gasteiger partial charge in [-0.3, -0.25) is 4.79 Å². The first-order chi connectivity index (χ1) is 12.7. The molecule has 0 saturated heterocycles. The number of carbonyl (C=O) groups is 1. The number of fused-ring (bicyclic) bond motifs is 1. The molecule has 0 atom stereocenters. The molecule has 5 heteroatoms. The molecular formula is C21H19N3O2. The lowest BCUT2D eigenvalue weighted by molar-refractivity contribution is 0.0937. The van der Waals surface area contributed by atoms with Gasteiger partial charge in [0.05, 0.1) is 23.4 Å².